The van der Waals surface area contributed by atoms with Crippen molar-refractivity contribution in [1.29, 1.82) is 0 Å². The molecule has 5 aromatic carbocycles. The van der Waals surface area contributed by atoms with E-state index < -0.39 is 6.04 Å². The second kappa shape index (κ2) is 12.9. The van der Waals surface area contributed by atoms with Crippen LogP contribution >= 0.6 is 11.3 Å². The number of carbonyl (C=O) groups is 1. The van der Waals surface area contributed by atoms with Crippen molar-refractivity contribution in [3.63, 3.8) is 0 Å². The van der Waals surface area contributed by atoms with E-state index in [0.29, 0.717) is 38.6 Å². The van der Waals surface area contributed by atoms with Crippen LogP contribution in [0.25, 0.3) is 16.8 Å². The largest absolute Gasteiger partial charge is 0.497 e. The molecular formula is C39H31N3O4S. The standard InChI is InChI=1S/C39H31N3O4S/c1-25-35(37(43)41-30-14-4-3-5-15-30)36(28-12-9-16-32(23-28)45-2)42-38(44)34(47-39(42)40-25)22-26-18-20-31(21-19-26)46-24-29-13-8-11-27-10-6-7-17-33(27)29/h3-23,36H,24H2,1-2H3,(H,41,43)/b34-22-/t36-/m0/s1. The summed E-state index contributed by atoms with van der Waals surface area (Å²) in [6.45, 7) is 2.25. The first-order valence-corrected chi connectivity index (χ1v) is 16.0. The van der Waals surface area contributed by atoms with E-state index in [1.165, 1.54) is 22.1 Å². The van der Waals surface area contributed by atoms with E-state index >= 15 is 0 Å². The van der Waals surface area contributed by atoms with Gasteiger partial charge in [-0.25, -0.2) is 4.99 Å². The molecule has 1 amide bonds. The Balaban J connectivity index is 1.21. The van der Waals surface area contributed by atoms with Gasteiger partial charge in [0.2, 0.25) is 0 Å². The first kappa shape index (κ1) is 30.0. The number of anilines is 1. The van der Waals surface area contributed by atoms with Crippen LogP contribution in [0.4, 0.5) is 5.69 Å². The Kier molecular flexibility index (Phi) is 8.25. The summed E-state index contributed by atoms with van der Waals surface area (Å²) in [5, 5.41) is 5.33. The number of amides is 1. The third-order valence-electron chi connectivity index (χ3n) is 8.16. The number of aromatic nitrogens is 1. The molecule has 0 bridgehead atoms. The summed E-state index contributed by atoms with van der Waals surface area (Å²) in [7, 11) is 1.59. The molecule has 0 unspecified atom stereocenters. The summed E-state index contributed by atoms with van der Waals surface area (Å²) in [5.74, 6) is 1.04. The van der Waals surface area contributed by atoms with E-state index in [4.69, 9.17) is 14.5 Å². The van der Waals surface area contributed by atoms with Gasteiger partial charge in [0.15, 0.2) is 4.80 Å². The van der Waals surface area contributed by atoms with Crippen molar-refractivity contribution in [1.82, 2.24) is 4.57 Å². The van der Waals surface area contributed by atoms with Crippen LogP contribution < -0.4 is 29.7 Å². The van der Waals surface area contributed by atoms with Crippen molar-refractivity contribution >= 4 is 39.8 Å². The van der Waals surface area contributed by atoms with Crippen LogP contribution in [0.5, 0.6) is 11.5 Å². The molecule has 7 nitrogen and oxygen atoms in total. The molecule has 47 heavy (non-hydrogen) atoms. The molecule has 0 saturated carbocycles. The van der Waals surface area contributed by atoms with Crippen LogP contribution in [0.2, 0.25) is 0 Å². The number of allylic oxidation sites excluding steroid dienone is 1. The zero-order chi connectivity index (χ0) is 32.3. The van der Waals surface area contributed by atoms with Crippen LogP contribution in [0.15, 0.2) is 142 Å². The van der Waals surface area contributed by atoms with Gasteiger partial charge in [0.05, 0.1) is 29.0 Å². The predicted octanol–water partition coefficient (Wildman–Crippen LogP) is 6.61. The second-order valence-corrected chi connectivity index (χ2v) is 12.2. The first-order valence-electron chi connectivity index (χ1n) is 15.2. The summed E-state index contributed by atoms with van der Waals surface area (Å²) >= 11 is 1.30. The van der Waals surface area contributed by atoms with Gasteiger partial charge in [0.25, 0.3) is 11.5 Å². The molecule has 0 aliphatic carbocycles. The van der Waals surface area contributed by atoms with Crippen LogP contribution in [-0.2, 0) is 11.4 Å². The molecule has 1 N–H and O–H groups in total. The zero-order valence-electron chi connectivity index (χ0n) is 25.8. The monoisotopic (exact) mass is 637 g/mol. The molecular weight excluding hydrogens is 607 g/mol. The molecule has 1 atom stereocenters. The summed E-state index contributed by atoms with van der Waals surface area (Å²) in [4.78, 5) is 33.2. The topological polar surface area (TPSA) is 81.9 Å². The van der Waals surface area contributed by atoms with Crippen molar-refractivity contribution in [3.8, 4) is 11.5 Å². The van der Waals surface area contributed by atoms with Gasteiger partial charge < -0.3 is 14.8 Å². The van der Waals surface area contributed by atoms with Gasteiger partial charge in [-0.1, -0.05) is 96.3 Å². The second-order valence-electron chi connectivity index (χ2n) is 11.2. The van der Waals surface area contributed by atoms with Crippen LogP contribution in [0.1, 0.15) is 29.7 Å². The van der Waals surface area contributed by atoms with Crippen LogP contribution in [0, 0.1) is 0 Å². The Hall–Kier alpha value is -5.73. The molecule has 0 saturated heterocycles. The van der Waals surface area contributed by atoms with Gasteiger partial charge in [-0.15, -0.1) is 0 Å². The first-order chi connectivity index (χ1) is 23.0. The van der Waals surface area contributed by atoms with Gasteiger partial charge in [0, 0.05) is 5.69 Å². The number of thiazole rings is 1. The van der Waals surface area contributed by atoms with Crippen LogP contribution in [-0.4, -0.2) is 17.6 Å². The number of para-hydroxylation sites is 1. The van der Waals surface area contributed by atoms with Crippen molar-refractivity contribution < 1.29 is 14.3 Å². The molecule has 8 heteroatoms. The minimum atomic E-state index is -0.697. The van der Waals surface area contributed by atoms with Crippen LogP contribution in [0.3, 0.4) is 0 Å². The fraction of sp³-hybridized carbons (Fsp3) is 0.103. The molecule has 1 aliphatic rings. The zero-order valence-corrected chi connectivity index (χ0v) is 26.7. The highest BCUT2D eigenvalue weighted by Gasteiger charge is 2.32. The fourth-order valence-corrected chi connectivity index (χ4v) is 6.90. The summed E-state index contributed by atoms with van der Waals surface area (Å²) in [6, 6.07) is 38.1. The molecule has 0 fully saturated rings. The van der Waals surface area contributed by atoms with E-state index in [9.17, 15) is 9.59 Å². The summed E-state index contributed by atoms with van der Waals surface area (Å²) in [6.07, 6.45) is 1.85. The average molecular weight is 638 g/mol. The van der Waals surface area contributed by atoms with Gasteiger partial charge in [-0.2, -0.15) is 0 Å². The molecule has 232 valence electrons. The van der Waals surface area contributed by atoms with Crippen molar-refractivity contribution in [2.24, 2.45) is 4.99 Å². The number of rotatable bonds is 8. The van der Waals surface area contributed by atoms with Gasteiger partial charge in [0.1, 0.15) is 18.1 Å². The minimum Gasteiger partial charge on any atom is -0.497 e. The molecule has 0 radical (unpaired) electrons. The average Bonchev–Trinajstić information content (AvgIpc) is 3.41. The highest BCUT2D eigenvalue weighted by Crippen LogP contribution is 2.32. The number of hydrogen-bond acceptors (Lipinski definition) is 6. The number of fused-ring (bicyclic) bond motifs is 2. The lowest BCUT2D eigenvalue weighted by Gasteiger charge is -2.25. The molecule has 6 aromatic rings. The maximum absolute atomic E-state index is 14.1. The SMILES string of the molecule is COc1cccc([C@H]2C(C(=O)Nc3ccccc3)=C(C)N=c3s/c(=C\c4ccc(OCc5cccc6ccccc56)cc4)c(=O)n32)c1. The van der Waals surface area contributed by atoms with Crippen molar-refractivity contribution in [2.75, 3.05) is 12.4 Å². The number of methoxy groups -OCH3 is 1. The number of nitrogens with zero attached hydrogens (tertiary/aromatic N) is 2. The van der Waals surface area contributed by atoms with E-state index in [-0.39, 0.29) is 11.5 Å². The molecule has 0 spiro atoms. The number of benzene rings is 5. The van der Waals surface area contributed by atoms with E-state index in [2.05, 4.69) is 29.6 Å². The Labute approximate surface area is 275 Å². The molecule has 7 rings (SSSR count). The van der Waals surface area contributed by atoms with Gasteiger partial charge >= 0.3 is 0 Å². The lowest BCUT2D eigenvalue weighted by atomic mass is 9.95. The van der Waals surface area contributed by atoms with Crippen molar-refractivity contribution in [2.45, 2.75) is 19.6 Å². The number of ether oxygens (including phenoxy) is 2. The maximum Gasteiger partial charge on any atom is 0.271 e. The smallest absolute Gasteiger partial charge is 0.271 e. The molecule has 2 heterocycles. The van der Waals surface area contributed by atoms with E-state index in [1.54, 1.807) is 18.6 Å². The highest BCUT2D eigenvalue weighted by atomic mass is 32.1. The molecule has 1 aliphatic heterocycles. The molecule has 1 aromatic heterocycles. The Morgan fingerprint density at radius 1 is 0.894 bits per heavy atom. The number of hydrogen-bond donors (Lipinski definition) is 1. The third-order valence-corrected chi connectivity index (χ3v) is 9.14. The van der Waals surface area contributed by atoms with E-state index in [0.717, 1.165) is 22.4 Å². The lowest BCUT2D eigenvalue weighted by Crippen LogP contribution is -2.40. The summed E-state index contributed by atoms with van der Waals surface area (Å²) < 4.78 is 13.7. The highest BCUT2D eigenvalue weighted by molar-refractivity contribution is 7.07. The number of carbonyl (C=O) groups excluding carboxylic acids is 1. The normalized spacial score (nSPS) is 14.4. The fourth-order valence-electron chi connectivity index (χ4n) is 5.85. The lowest BCUT2D eigenvalue weighted by molar-refractivity contribution is -0.113. The van der Waals surface area contributed by atoms with Gasteiger partial charge in [-0.3, -0.25) is 14.2 Å². The third kappa shape index (κ3) is 6.11. The Morgan fingerprint density at radius 2 is 1.64 bits per heavy atom. The van der Waals surface area contributed by atoms with Gasteiger partial charge in [-0.05, 0) is 76.9 Å². The Morgan fingerprint density at radius 3 is 2.45 bits per heavy atom. The van der Waals surface area contributed by atoms with E-state index in [1.807, 2.05) is 103 Å². The summed E-state index contributed by atoms with van der Waals surface area (Å²) in [5.41, 5.74) is 4.09. The number of nitrogens with one attached hydrogen (secondary N) is 1. The Bertz CT molecular complexity index is 2320. The predicted molar refractivity (Wildman–Crippen MR) is 187 cm³/mol. The minimum absolute atomic E-state index is 0.227. The maximum atomic E-state index is 14.1. The van der Waals surface area contributed by atoms with Crippen molar-refractivity contribution in [3.05, 3.63) is 169 Å². The quantitative estimate of drug-likeness (QED) is 0.204.